The van der Waals surface area contributed by atoms with E-state index >= 15 is 0 Å². The van der Waals surface area contributed by atoms with E-state index in [9.17, 15) is 14.0 Å². The molecule has 0 spiro atoms. The van der Waals surface area contributed by atoms with Crippen LogP contribution >= 0.6 is 0 Å². The number of benzene rings is 1. The van der Waals surface area contributed by atoms with Gasteiger partial charge in [-0.05, 0) is 29.8 Å². The summed E-state index contributed by atoms with van der Waals surface area (Å²) < 4.78 is 21.2. The lowest BCUT2D eigenvalue weighted by Gasteiger charge is -2.14. The number of carbonyl (C=O) groups is 2. The van der Waals surface area contributed by atoms with Crippen molar-refractivity contribution >= 4 is 17.7 Å². The number of aromatic nitrogens is 1. The standard InChI is InChI=1S/C17H18FN3O4/c1-11(23)19-7-14-9-21(17(24)25-14)13-2-3-16(15(18)6-13)20-5-4-12(8-20)10-22/h2-6,8,14,22H,7,9-10H2,1H3,(H,19,23). The van der Waals surface area contributed by atoms with Crippen molar-refractivity contribution in [3.05, 3.63) is 48.0 Å². The number of hydrogen-bond acceptors (Lipinski definition) is 4. The largest absolute Gasteiger partial charge is 0.442 e. The van der Waals surface area contributed by atoms with Crippen LogP contribution in [0.25, 0.3) is 5.69 Å². The van der Waals surface area contributed by atoms with E-state index in [2.05, 4.69) is 5.32 Å². The van der Waals surface area contributed by atoms with E-state index in [1.165, 1.54) is 17.9 Å². The Kier molecular flexibility index (Phi) is 4.71. The van der Waals surface area contributed by atoms with Crippen molar-refractivity contribution in [1.82, 2.24) is 9.88 Å². The zero-order chi connectivity index (χ0) is 18.0. The number of aliphatic hydroxyl groups is 1. The van der Waals surface area contributed by atoms with E-state index in [4.69, 9.17) is 9.84 Å². The molecule has 1 unspecified atom stereocenters. The van der Waals surface area contributed by atoms with E-state index in [-0.39, 0.29) is 25.6 Å². The van der Waals surface area contributed by atoms with Crippen LogP contribution < -0.4 is 10.2 Å². The summed E-state index contributed by atoms with van der Waals surface area (Å²) in [5.41, 5.74) is 1.37. The Morgan fingerprint density at radius 2 is 2.24 bits per heavy atom. The Morgan fingerprint density at radius 1 is 1.44 bits per heavy atom. The third kappa shape index (κ3) is 3.63. The first-order valence-electron chi connectivity index (χ1n) is 7.78. The summed E-state index contributed by atoms with van der Waals surface area (Å²) in [6.07, 6.45) is 2.23. The molecule has 1 aliphatic heterocycles. The number of aliphatic hydroxyl groups excluding tert-OH is 1. The maximum Gasteiger partial charge on any atom is 0.414 e. The van der Waals surface area contributed by atoms with Gasteiger partial charge < -0.3 is 19.7 Å². The quantitative estimate of drug-likeness (QED) is 0.860. The Balaban J connectivity index is 1.76. The summed E-state index contributed by atoms with van der Waals surface area (Å²) in [4.78, 5) is 24.2. The average Bonchev–Trinajstić information content (AvgIpc) is 3.19. The van der Waals surface area contributed by atoms with Crippen molar-refractivity contribution in [3.63, 3.8) is 0 Å². The van der Waals surface area contributed by atoms with E-state index in [1.807, 2.05) is 0 Å². The number of cyclic esters (lactones) is 1. The lowest BCUT2D eigenvalue weighted by molar-refractivity contribution is -0.119. The van der Waals surface area contributed by atoms with Crippen molar-refractivity contribution in [2.24, 2.45) is 0 Å². The second kappa shape index (κ2) is 6.94. The minimum atomic E-state index is -0.578. The number of ether oxygens (including phenoxy) is 1. The summed E-state index contributed by atoms with van der Waals surface area (Å²) in [6, 6.07) is 6.13. The highest BCUT2D eigenvalue weighted by molar-refractivity contribution is 5.90. The van der Waals surface area contributed by atoms with Crippen LogP contribution in [0, 0.1) is 5.82 Å². The highest BCUT2D eigenvalue weighted by Gasteiger charge is 2.32. The fraction of sp³-hybridized carbons (Fsp3) is 0.294. The molecule has 7 nitrogen and oxygen atoms in total. The van der Waals surface area contributed by atoms with Crippen molar-refractivity contribution in [2.75, 3.05) is 18.0 Å². The number of amides is 2. The Morgan fingerprint density at radius 3 is 2.88 bits per heavy atom. The van der Waals surface area contributed by atoms with Crippen LogP contribution in [0.1, 0.15) is 12.5 Å². The van der Waals surface area contributed by atoms with Crippen LogP contribution in [-0.4, -0.2) is 40.9 Å². The zero-order valence-electron chi connectivity index (χ0n) is 13.6. The molecule has 132 valence electrons. The lowest BCUT2D eigenvalue weighted by Crippen LogP contribution is -2.33. The van der Waals surface area contributed by atoms with Crippen molar-refractivity contribution in [1.29, 1.82) is 0 Å². The van der Waals surface area contributed by atoms with Gasteiger partial charge in [0.05, 0.1) is 31.1 Å². The fourth-order valence-corrected chi connectivity index (χ4v) is 2.65. The Hall–Kier alpha value is -2.87. The predicted molar refractivity (Wildman–Crippen MR) is 87.9 cm³/mol. The van der Waals surface area contributed by atoms with Crippen LogP contribution in [-0.2, 0) is 16.1 Å². The molecular formula is C17H18FN3O4. The van der Waals surface area contributed by atoms with Gasteiger partial charge in [-0.25, -0.2) is 9.18 Å². The molecule has 1 aromatic heterocycles. The number of nitrogens with zero attached hydrogens (tertiary/aromatic N) is 2. The molecule has 8 heteroatoms. The fourth-order valence-electron chi connectivity index (χ4n) is 2.65. The number of halogens is 1. The van der Waals surface area contributed by atoms with Crippen LogP contribution in [0.15, 0.2) is 36.7 Å². The predicted octanol–water partition coefficient (Wildman–Crippen LogP) is 1.57. The maximum absolute atomic E-state index is 14.5. The number of nitrogens with one attached hydrogen (secondary N) is 1. The van der Waals surface area contributed by atoms with Crippen molar-refractivity contribution < 1.29 is 23.8 Å². The molecule has 1 atom stereocenters. The minimum absolute atomic E-state index is 0.123. The molecule has 0 aliphatic carbocycles. The van der Waals surface area contributed by atoms with Gasteiger partial charge in [-0.15, -0.1) is 0 Å². The highest BCUT2D eigenvalue weighted by Crippen LogP contribution is 2.25. The third-order valence-corrected chi connectivity index (χ3v) is 3.91. The molecule has 2 aromatic rings. The molecule has 1 saturated heterocycles. The monoisotopic (exact) mass is 347 g/mol. The van der Waals surface area contributed by atoms with Crippen LogP contribution in [0.2, 0.25) is 0 Å². The van der Waals surface area contributed by atoms with Gasteiger partial charge in [0.2, 0.25) is 5.91 Å². The number of anilines is 1. The molecule has 1 fully saturated rings. The van der Waals surface area contributed by atoms with Gasteiger partial charge in [0.15, 0.2) is 0 Å². The second-order valence-corrected chi connectivity index (χ2v) is 5.77. The molecule has 1 aliphatic rings. The molecule has 25 heavy (non-hydrogen) atoms. The topological polar surface area (TPSA) is 83.8 Å². The van der Waals surface area contributed by atoms with E-state index in [1.54, 1.807) is 35.2 Å². The molecule has 1 aromatic carbocycles. The van der Waals surface area contributed by atoms with Gasteiger partial charge in [0.1, 0.15) is 11.9 Å². The first-order chi connectivity index (χ1) is 12.0. The normalized spacial score (nSPS) is 16.8. The lowest BCUT2D eigenvalue weighted by atomic mass is 10.2. The van der Waals surface area contributed by atoms with Gasteiger partial charge in [-0.3, -0.25) is 9.69 Å². The molecule has 0 radical (unpaired) electrons. The summed E-state index contributed by atoms with van der Waals surface area (Å²) in [5, 5.41) is 11.7. The van der Waals surface area contributed by atoms with Gasteiger partial charge in [0, 0.05) is 19.3 Å². The summed E-state index contributed by atoms with van der Waals surface area (Å²) in [6.45, 7) is 1.70. The van der Waals surface area contributed by atoms with Crippen LogP contribution in [0.3, 0.4) is 0 Å². The number of rotatable bonds is 5. The molecule has 0 saturated carbocycles. The van der Waals surface area contributed by atoms with Crippen LogP contribution in [0.4, 0.5) is 14.9 Å². The van der Waals surface area contributed by atoms with E-state index < -0.39 is 18.0 Å². The molecule has 2 amide bonds. The SMILES string of the molecule is CC(=O)NCC1CN(c2ccc(-n3ccc(CO)c3)c(F)c2)C(=O)O1. The van der Waals surface area contributed by atoms with Gasteiger partial charge in [-0.1, -0.05) is 0 Å². The van der Waals surface area contributed by atoms with Gasteiger partial charge in [0.25, 0.3) is 0 Å². The zero-order valence-corrected chi connectivity index (χ0v) is 13.6. The first-order valence-corrected chi connectivity index (χ1v) is 7.78. The smallest absolute Gasteiger partial charge is 0.414 e. The number of hydrogen-bond donors (Lipinski definition) is 2. The van der Waals surface area contributed by atoms with Crippen molar-refractivity contribution in [3.8, 4) is 5.69 Å². The van der Waals surface area contributed by atoms with Gasteiger partial charge in [-0.2, -0.15) is 0 Å². The third-order valence-electron chi connectivity index (χ3n) is 3.91. The summed E-state index contributed by atoms with van der Waals surface area (Å²) >= 11 is 0. The number of carbonyl (C=O) groups excluding carboxylic acids is 2. The molecule has 3 rings (SSSR count). The maximum atomic E-state index is 14.5. The van der Waals surface area contributed by atoms with Gasteiger partial charge >= 0.3 is 6.09 Å². The molecule has 0 bridgehead atoms. The summed E-state index contributed by atoms with van der Waals surface area (Å²) in [7, 11) is 0. The Bertz CT molecular complexity index is 805. The van der Waals surface area contributed by atoms with Crippen LogP contribution in [0.5, 0.6) is 0 Å². The second-order valence-electron chi connectivity index (χ2n) is 5.77. The molecule has 2 heterocycles. The minimum Gasteiger partial charge on any atom is -0.442 e. The molecular weight excluding hydrogens is 329 g/mol. The first kappa shape index (κ1) is 17.0. The highest BCUT2D eigenvalue weighted by atomic mass is 19.1. The van der Waals surface area contributed by atoms with E-state index in [0.29, 0.717) is 16.9 Å². The van der Waals surface area contributed by atoms with E-state index in [0.717, 1.165) is 0 Å². The Labute approximate surface area is 143 Å². The average molecular weight is 347 g/mol. The molecule has 2 N–H and O–H groups in total. The van der Waals surface area contributed by atoms with Crippen molar-refractivity contribution in [2.45, 2.75) is 19.6 Å². The summed E-state index contributed by atoms with van der Waals surface area (Å²) in [5.74, 6) is -0.713.